The van der Waals surface area contributed by atoms with E-state index in [1.807, 2.05) is 25.1 Å². The molecule has 1 saturated heterocycles. The lowest BCUT2D eigenvalue weighted by Crippen LogP contribution is -2.56. The van der Waals surface area contributed by atoms with Gasteiger partial charge in [0.25, 0.3) is 11.8 Å². The summed E-state index contributed by atoms with van der Waals surface area (Å²) in [5, 5.41) is 10.5. The first kappa shape index (κ1) is 27.7. The highest BCUT2D eigenvalue weighted by molar-refractivity contribution is 6.33. The van der Waals surface area contributed by atoms with Crippen LogP contribution in [0, 0.1) is 13.8 Å². The summed E-state index contributed by atoms with van der Waals surface area (Å²) in [5.74, 6) is -0.590. The standard InChI is InChI=1S/C29H33ClN6O4/c1-17-6-5-7-21(16-17)33-29(39)36-15-14-35(27(36)26(37)32-20-12-10-19(31)11-13-20)28(38)24-18(2)40-34-25(24)22-8-3-4-9-23(22)30/h3-9,16,19-20,27H,10-15,31H2,1-2H3,(H,32,37)(H,33,39). The van der Waals surface area contributed by atoms with Gasteiger partial charge in [0.1, 0.15) is 17.0 Å². The highest BCUT2D eigenvalue weighted by Gasteiger charge is 2.45. The summed E-state index contributed by atoms with van der Waals surface area (Å²) in [6.07, 6.45) is 1.92. The number of benzene rings is 2. The van der Waals surface area contributed by atoms with Gasteiger partial charge in [-0.25, -0.2) is 4.79 Å². The largest absolute Gasteiger partial charge is 0.360 e. The van der Waals surface area contributed by atoms with Crippen molar-refractivity contribution < 1.29 is 18.9 Å². The van der Waals surface area contributed by atoms with Crippen LogP contribution in [0.25, 0.3) is 11.3 Å². The number of rotatable bonds is 5. The Morgan fingerprint density at radius 1 is 1.00 bits per heavy atom. The second kappa shape index (κ2) is 11.7. The van der Waals surface area contributed by atoms with Crippen LogP contribution in [0.5, 0.6) is 0 Å². The van der Waals surface area contributed by atoms with E-state index in [1.165, 1.54) is 9.80 Å². The number of carbonyl (C=O) groups excluding carboxylic acids is 3. The Bertz CT molecular complexity index is 1420. The third-order valence-corrected chi connectivity index (χ3v) is 7.85. The lowest BCUT2D eigenvalue weighted by molar-refractivity contribution is -0.128. The molecule has 2 fully saturated rings. The summed E-state index contributed by atoms with van der Waals surface area (Å²) in [4.78, 5) is 44.1. The lowest BCUT2D eigenvalue weighted by atomic mass is 9.92. The monoisotopic (exact) mass is 564 g/mol. The Morgan fingerprint density at radius 3 is 2.45 bits per heavy atom. The van der Waals surface area contributed by atoms with E-state index in [2.05, 4.69) is 15.8 Å². The number of nitrogens with zero attached hydrogens (tertiary/aromatic N) is 3. The highest BCUT2D eigenvalue weighted by Crippen LogP contribution is 2.33. The van der Waals surface area contributed by atoms with Gasteiger partial charge in [-0.3, -0.25) is 14.5 Å². The lowest BCUT2D eigenvalue weighted by Gasteiger charge is -2.32. The molecule has 1 atom stereocenters. The number of anilines is 1. The van der Waals surface area contributed by atoms with Gasteiger partial charge in [-0.15, -0.1) is 0 Å². The van der Waals surface area contributed by atoms with Crippen molar-refractivity contribution in [1.82, 2.24) is 20.3 Å². The van der Waals surface area contributed by atoms with Gasteiger partial charge in [0.2, 0.25) is 0 Å². The SMILES string of the molecule is Cc1cccc(NC(=O)N2CCN(C(=O)c3c(-c4ccccc4Cl)noc3C)C2C(=O)NC2CCC(N)CC2)c1. The molecule has 5 rings (SSSR count). The predicted molar refractivity (Wildman–Crippen MR) is 152 cm³/mol. The molecule has 1 saturated carbocycles. The second-order valence-electron chi connectivity index (χ2n) is 10.4. The minimum absolute atomic E-state index is 0.0810. The van der Waals surface area contributed by atoms with Gasteiger partial charge >= 0.3 is 6.03 Å². The van der Waals surface area contributed by atoms with Gasteiger partial charge < -0.3 is 25.8 Å². The average Bonchev–Trinajstić information content (AvgIpc) is 3.54. The van der Waals surface area contributed by atoms with Crippen molar-refractivity contribution in [2.75, 3.05) is 18.4 Å². The van der Waals surface area contributed by atoms with Crippen LogP contribution in [0.3, 0.4) is 0 Å². The molecule has 2 aromatic carbocycles. The molecule has 1 aromatic heterocycles. The van der Waals surface area contributed by atoms with E-state index in [0.717, 1.165) is 31.2 Å². The first-order valence-corrected chi connectivity index (χ1v) is 13.8. The van der Waals surface area contributed by atoms with E-state index in [1.54, 1.807) is 37.3 Å². The van der Waals surface area contributed by atoms with Crippen LogP contribution in [0.15, 0.2) is 53.1 Å². The van der Waals surface area contributed by atoms with Gasteiger partial charge in [-0.2, -0.15) is 0 Å². The number of amides is 4. The average molecular weight is 565 g/mol. The summed E-state index contributed by atoms with van der Waals surface area (Å²) < 4.78 is 5.42. The number of urea groups is 1. The number of aryl methyl sites for hydroxylation is 2. The van der Waals surface area contributed by atoms with Crippen LogP contribution in [0.4, 0.5) is 10.5 Å². The van der Waals surface area contributed by atoms with Crippen molar-refractivity contribution in [3.63, 3.8) is 0 Å². The number of nitrogens with two attached hydrogens (primary N) is 1. The maximum atomic E-state index is 14.1. The molecule has 11 heteroatoms. The summed E-state index contributed by atoms with van der Waals surface area (Å²) in [6.45, 7) is 3.89. The molecule has 3 aromatic rings. The van der Waals surface area contributed by atoms with Crippen molar-refractivity contribution in [2.24, 2.45) is 5.73 Å². The third-order valence-electron chi connectivity index (χ3n) is 7.52. The smallest absolute Gasteiger partial charge is 0.323 e. The Hall–Kier alpha value is -3.89. The fourth-order valence-electron chi connectivity index (χ4n) is 5.40. The number of hydrogen-bond acceptors (Lipinski definition) is 6. The van der Waals surface area contributed by atoms with Crippen LogP contribution < -0.4 is 16.4 Å². The van der Waals surface area contributed by atoms with E-state index in [4.69, 9.17) is 21.9 Å². The number of nitrogens with one attached hydrogen (secondary N) is 2. The van der Waals surface area contributed by atoms with Crippen molar-refractivity contribution in [3.05, 3.63) is 70.4 Å². The zero-order chi connectivity index (χ0) is 28.4. The zero-order valence-corrected chi connectivity index (χ0v) is 23.3. The second-order valence-corrected chi connectivity index (χ2v) is 10.8. The molecule has 1 aliphatic carbocycles. The Kier molecular flexibility index (Phi) is 8.09. The molecule has 10 nitrogen and oxygen atoms in total. The molecule has 4 amide bonds. The van der Waals surface area contributed by atoms with Gasteiger partial charge in [0.05, 0.1) is 5.02 Å². The number of aromatic nitrogens is 1. The van der Waals surface area contributed by atoms with Crippen molar-refractivity contribution >= 4 is 35.1 Å². The van der Waals surface area contributed by atoms with E-state index in [-0.39, 0.29) is 36.4 Å². The van der Waals surface area contributed by atoms with Crippen molar-refractivity contribution in [1.29, 1.82) is 0 Å². The van der Waals surface area contributed by atoms with E-state index >= 15 is 0 Å². The van der Waals surface area contributed by atoms with E-state index < -0.39 is 24.0 Å². The van der Waals surface area contributed by atoms with E-state index in [0.29, 0.717) is 22.0 Å². The molecule has 210 valence electrons. The first-order valence-electron chi connectivity index (χ1n) is 13.5. The molecule has 40 heavy (non-hydrogen) atoms. The maximum absolute atomic E-state index is 14.1. The summed E-state index contributed by atoms with van der Waals surface area (Å²) in [7, 11) is 0. The minimum atomic E-state index is -1.17. The summed E-state index contributed by atoms with van der Waals surface area (Å²) in [5.41, 5.74) is 8.66. The topological polar surface area (TPSA) is 134 Å². The Morgan fingerprint density at radius 2 is 1.73 bits per heavy atom. The van der Waals surface area contributed by atoms with Crippen LogP contribution in [0.1, 0.15) is 47.4 Å². The van der Waals surface area contributed by atoms with Gasteiger partial charge in [-0.1, -0.05) is 47.1 Å². The van der Waals surface area contributed by atoms with Gasteiger partial charge in [0, 0.05) is 36.4 Å². The molecule has 0 bridgehead atoms. The molecule has 4 N–H and O–H groups in total. The molecule has 0 spiro atoms. The number of hydrogen-bond donors (Lipinski definition) is 3. The normalized spacial score (nSPS) is 20.9. The predicted octanol–water partition coefficient (Wildman–Crippen LogP) is 4.31. The Labute approximate surface area is 237 Å². The number of carbonyl (C=O) groups is 3. The van der Waals surface area contributed by atoms with Gasteiger partial charge in [0.15, 0.2) is 6.17 Å². The maximum Gasteiger partial charge on any atom is 0.323 e. The molecular formula is C29H33ClN6O4. The fourth-order valence-corrected chi connectivity index (χ4v) is 5.62. The molecule has 2 aliphatic rings. The van der Waals surface area contributed by atoms with Crippen LogP contribution >= 0.6 is 11.6 Å². The third kappa shape index (κ3) is 5.68. The summed E-state index contributed by atoms with van der Waals surface area (Å²) in [6, 6.07) is 14.0. The van der Waals surface area contributed by atoms with Gasteiger partial charge in [-0.05, 0) is 63.3 Å². The highest BCUT2D eigenvalue weighted by atomic mass is 35.5. The van der Waals surface area contributed by atoms with Crippen molar-refractivity contribution in [2.45, 2.75) is 57.8 Å². The fraction of sp³-hybridized carbons (Fsp3) is 0.379. The van der Waals surface area contributed by atoms with E-state index in [9.17, 15) is 14.4 Å². The quantitative estimate of drug-likeness (QED) is 0.423. The summed E-state index contributed by atoms with van der Waals surface area (Å²) >= 11 is 6.41. The zero-order valence-electron chi connectivity index (χ0n) is 22.5. The molecular weight excluding hydrogens is 532 g/mol. The molecule has 2 heterocycles. The molecule has 0 radical (unpaired) electrons. The molecule has 1 aliphatic heterocycles. The first-order chi connectivity index (χ1) is 19.2. The van der Waals surface area contributed by atoms with Crippen molar-refractivity contribution in [3.8, 4) is 11.3 Å². The Balaban J connectivity index is 1.45. The van der Waals surface area contributed by atoms with Crippen LogP contribution in [-0.2, 0) is 4.79 Å². The number of halogens is 1. The van der Waals surface area contributed by atoms with Crippen LogP contribution in [0.2, 0.25) is 5.02 Å². The minimum Gasteiger partial charge on any atom is -0.360 e. The molecule has 1 unspecified atom stereocenters. The van der Waals surface area contributed by atoms with Crippen LogP contribution in [-0.4, -0.2) is 64.1 Å².